The molecule has 0 saturated carbocycles. The number of hydrogen-bond acceptors (Lipinski definition) is 1. The second kappa shape index (κ2) is 5.92. The number of amides is 2. The molecular formula is C13H24N2O. The molecule has 3 heteroatoms. The van der Waals surface area contributed by atoms with Crippen LogP contribution in [0.1, 0.15) is 33.1 Å². The Hall–Kier alpha value is -0.990. The maximum absolute atomic E-state index is 12.0. The van der Waals surface area contributed by atoms with Gasteiger partial charge in [-0.25, -0.2) is 4.79 Å². The molecule has 0 heterocycles. The van der Waals surface area contributed by atoms with Gasteiger partial charge in [-0.05, 0) is 39.0 Å². The van der Waals surface area contributed by atoms with E-state index >= 15 is 0 Å². The molecule has 0 aliphatic heterocycles. The summed E-state index contributed by atoms with van der Waals surface area (Å²) in [4.78, 5) is 15.6. The molecule has 0 aromatic heterocycles. The van der Waals surface area contributed by atoms with E-state index in [0.717, 1.165) is 19.4 Å². The highest BCUT2D eigenvalue weighted by Gasteiger charge is 2.20. The van der Waals surface area contributed by atoms with E-state index in [4.69, 9.17) is 0 Å². The maximum Gasteiger partial charge on any atom is 0.319 e. The molecule has 0 aromatic carbocycles. The van der Waals surface area contributed by atoms with Gasteiger partial charge in [-0.2, -0.15) is 0 Å². The van der Waals surface area contributed by atoms with Gasteiger partial charge in [-0.1, -0.05) is 12.2 Å². The fourth-order valence-electron chi connectivity index (χ4n) is 1.98. The SMILES string of the molecule is CC(C)N(C)C(=O)N(C)C[C@@H]1CC=CCC1. The van der Waals surface area contributed by atoms with Gasteiger partial charge in [0, 0.05) is 26.7 Å². The van der Waals surface area contributed by atoms with Crippen molar-refractivity contribution >= 4 is 6.03 Å². The fraction of sp³-hybridized carbons (Fsp3) is 0.769. The lowest BCUT2D eigenvalue weighted by atomic mass is 9.94. The van der Waals surface area contributed by atoms with Crippen molar-refractivity contribution in [2.45, 2.75) is 39.2 Å². The minimum atomic E-state index is 0.129. The number of carbonyl (C=O) groups is 1. The second-order valence-electron chi connectivity index (χ2n) is 5.02. The molecule has 0 saturated heterocycles. The van der Waals surface area contributed by atoms with Gasteiger partial charge in [-0.15, -0.1) is 0 Å². The molecule has 1 rings (SSSR count). The normalized spacial score (nSPS) is 19.9. The average Bonchev–Trinajstić information content (AvgIpc) is 2.28. The Labute approximate surface area is 99.1 Å². The van der Waals surface area contributed by atoms with Crippen LogP contribution in [0.15, 0.2) is 12.2 Å². The third-order valence-electron chi connectivity index (χ3n) is 3.31. The van der Waals surface area contributed by atoms with Gasteiger partial charge in [0.2, 0.25) is 0 Å². The van der Waals surface area contributed by atoms with E-state index in [0.29, 0.717) is 5.92 Å². The van der Waals surface area contributed by atoms with Crippen LogP contribution < -0.4 is 0 Å². The van der Waals surface area contributed by atoms with Crippen molar-refractivity contribution in [2.24, 2.45) is 5.92 Å². The first-order valence-electron chi connectivity index (χ1n) is 6.15. The highest BCUT2D eigenvalue weighted by Crippen LogP contribution is 2.19. The second-order valence-corrected chi connectivity index (χ2v) is 5.02. The number of nitrogens with zero attached hydrogens (tertiary/aromatic N) is 2. The zero-order valence-corrected chi connectivity index (χ0v) is 10.9. The molecule has 0 fully saturated rings. The van der Waals surface area contributed by atoms with Crippen LogP contribution in [0, 0.1) is 5.92 Å². The summed E-state index contributed by atoms with van der Waals surface area (Å²) in [7, 11) is 3.77. The summed E-state index contributed by atoms with van der Waals surface area (Å²) in [5.41, 5.74) is 0. The summed E-state index contributed by atoms with van der Waals surface area (Å²) in [6, 6.07) is 0.394. The maximum atomic E-state index is 12.0. The summed E-state index contributed by atoms with van der Waals surface area (Å²) >= 11 is 0. The largest absolute Gasteiger partial charge is 0.327 e. The molecule has 1 atom stereocenters. The molecule has 16 heavy (non-hydrogen) atoms. The first-order valence-corrected chi connectivity index (χ1v) is 6.15. The van der Waals surface area contributed by atoms with Gasteiger partial charge in [-0.3, -0.25) is 0 Å². The number of hydrogen-bond donors (Lipinski definition) is 0. The van der Waals surface area contributed by atoms with E-state index in [9.17, 15) is 4.79 Å². The van der Waals surface area contributed by atoms with Crippen LogP contribution in [-0.2, 0) is 0 Å². The number of carbonyl (C=O) groups excluding carboxylic acids is 1. The third-order valence-corrected chi connectivity index (χ3v) is 3.31. The van der Waals surface area contributed by atoms with Crippen LogP contribution in [0.25, 0.3) is 0 Å². The Kier molecular flexibility index (Phi) is 4.84. The zero-order chi connectivity index (χ0) is 12.1. The molecule has 92 valence electrons. The van der Waals surface area contributed by atoms with Crippen LogP contribution in [-0.4, -0.2) is 42.5 Å². The molecule has 0 N–H and O–H groups in total. The van der Waals surface area contributed by atoms with E-state index in [1.807, 2.05) is 32.8 Å². The van der Waals surface area contributed by atoms with Crippen molar-refractivity contribution in [3.8, 4) is 0 Å². The van der Waals surface area contributed by atoms with E-state index < -0.39 is 0 Å². The average molecular weight is 224 g/mol. The van der Waals surface area contributed by atoms with Gasteiger partial charge in [0.1, 0.15) is 0 Å². The Balaban J connectivity index is 2.41. The molecule has 0 spiro atoms. The Morgan fingerprint density at radius 2 is 2.06 bits per heavy atom. The Morgan fingerprint density at radius 1 is 1.38 bits per heavy atom. The van der Waals surface area contributed by atoms with Crippen LogP contribution in [0.5, 0.6) is 0 Å². The molecule has 2 amide bonds. The van der Waals surface area contributed by atoms with Crippen molar-refractivity contribution < 1.29 is 4.79 Å². The number of allylic oxidation sites excluding steroid dienone is 2. The Morgan fingerprint density at radius 3 is 2.56 bits per heavy atom. The highest BCUT2D eigenvalue weighted by molar-refractivity contribution is 5.74. The van der Waals surface area contributed by atoms with Crippen LogP contribution in [0.3, 0.4) is 0 Å². The minimum absolute atomic E-state index is 0.129. The standard InChI is InChI=1S/C13H24N2O/c1-11(2)15(4)13(16)14(3)10-12-8-6-5-7-9-12/h5-6,11-12H,7-10H2,1-4H3/t12-/m1/s1. The van der Waals surface area contributed by atoms with Crippen molar-refractivity contribution in [2.75, 3.05) is 20.6 Å². The number of rotatable bonds is 3. The van der Waals surface area contributed by atoms with Gasteiger partial charge >= 0.3 is 6.03 Å². The summed E-state index contributed by atoms with van der Waals surface area (Å²) in [5.74, 6) is 0.638. The van der Waals surface area contributed by atoms with Crippen LogP contribution >= 0.6 is 0 Å². The summed E-state index contributed by atoms with van der Waals surface area (Å²) < 4.78 is 0. The third kappa shape index (κ3) is 3.54. The predicted octanol–water partition coefficient (Wildman–Crippen LogP) is 2.73. The lowest BCUT2D eigenvalue weighted by Gasteiger charge is -2.30. The first kappa shape index (κ1) is 13.1. The van der Waals surface area contributed by atoms with Gasteiger partial charge in [0.05, 0.1) is 0 Å². The molecule has 0 aromatic rings. The monoisotopic (exact) mass is 224 g/mol. The molecule has 3 nitrogen and oxygen atoms in total. The zero-order valence-electron chi connectivity index (χ0n) is 10.9. The van der Waals surface area contributed by atoms with Gasteiger partial charge < -0.3 is 9.80 Å². The Bertz CT molecular complexity index is 261. The van der Waals surface area contributed by atoms with Gasteiger partial charge in [0.15, 0.2) is 0 Å². The quantitative estimate of drug-likeness (QED) is 0.676. The van der Waals surface area contributed by atoms with Crippen molar-refractivity contribution in [3.63, 3.8) is 0 Å². The lowest BCUT2D eigenvalue weighted by Crippen LogP contribution is -2.44. The smallest absolute Gasteiger partial charge is 0.319 e. The van der Waals surface area contributed by atoms with Crippen molar-refractivity contribution in [1.82, 2.24) is 9.80 Å². The van der Waals surface area contributed by atoms with E-state index in [-0.39, 0.29) is 12.1 Å². The summed E-state index contributed by atoms with van der Waals surface area (Å²) in [6.07, 6.45) is 7.95. The van der Waals surface area contributed by atoms with Crippen LogP contribution in [0.4, 0.5) is 4.79 Å². The molecule has 1 aliphatic rings. The first-order chi connectivity index (χ1) is 7.52. The van der Waals surface area contributed by atoms with E-state index in [2.05, 4.69) is 12.2 Å². The number of urea groups is 1. The molecular weight excluding hydrogens is 200 g/mol. The molecule has 1 aliphatic carbocycles. The van der Waals surface area contributed by atoms with Crippen LogP contribution in [0.2, 0.25) is 0 Å². The van der Waals surface area contributed by atoms with Crippen molar-refractivity contribution in [1.29, 1.82) is 0 Å². The minimum Gasteiger partial charge on any atom is -0.327 e. The summed E-state index contributed by atoms with van der Waals surface area (Å²) in [5, 5.41) is 0. The lowest BCUT2D eigenvalue weighted by molar-refractivity contribution is 0.154. The molecule has 0 bridgehead atoms. The topological polar surface area (TPSA) is 23.6 Å². The van der Waals surface area contributed by atoms with E-state index in [1.54, 1.807) is 4.90 Å². The van der Waals surface area contributed by atoms with Crippen molar-refractivity contribution in [3.05, 3.63) is 12.2 Å². The highest BCUT2D eigenvalue weighted by atomic mass is 16.2. The summed E-state index contributed by atoms with van der Waals surface area (Å²) in [6.45, 7) is 4.95. The molecule has 0 radical (unpaired) electrons. The molecule has 0 unspecified atom stereocenters. The fourth-order valence-corrected chi connectivity index (χ4v) is 1.98. The predicted molar refractivity (Wildman–Crippen MR) is 67.4 cm³/mol. The van der Waals surface area contributed by atoms with E-state index in [1.165, 1.54) is 6.42 Å². The van der Waals surface area contributed by atoms with Gasteiger partial charge in [0.25, 0.3) is 0 Å².